The Morgan fingerprint density at radius 1 is 1.64 bits per heavy atom. The molecule has 0 unspecified atom stereocenters. The van der Waals surface area contributed by atoms with Crippen LogP contribution in [0.4, 0.5) is 0 Å². The molecule has 0 radical (unpaired) electrons. The number of phenols is 1. The van der Waals surface area contributed by atoms with Gasteiger partial charge < -0.3 is 9.84 Å². The van der Waals surface area contributed by atoms with Crippen LogP contribution in [-0.4, -0.2) is 18.2 Å². The van der Waals surface area contributed by atoms with Gasteiger partial charge in [-0.3, -0.25) is 4.79 Å². The van der Waals surface area contributed by atoms with Gasteiger partial charge >= 0.3 is 5.97 Å². The van der Waals surface area contributed by atoms with Gasteiger partial charge in [-0.05, 0) is 23.8 Å². The van der Waals surface area contributed by atoms with E-state index in [4.69, 9.17) is 10.4 Å². The Kier molecular flexibility index (Phi) is 3.08. The molecule has 1 rings (SSSR count). The molecule has 0 aromatic heterocycles. The summed E-state index contributed by atoms with van der Waals surface area (Å²) in [6.07, 6.45) is -0.00616. The third kappa shape index (κ3) is 2.23. The molecule has 0 atom stereocenters. The molecule has 0 aliphatic heterocycles. The number of esters is 1. The van der Waals surface area contributed by atoms with Crippen molar-refractivity contribution in [1.82, 2.24) is 0 Å². The largest absolute Gasteiger partial charge is 0.508 e. The van der Waals surface area contributed by atoms with Gasteiger partial charge in [-0.2, -0.15) is 5.26 Å². The topological polar surface area (TPSA) is 70.3 Å². The average Bonchev–Trinajstić information content (AvgIpc) is 2.18. The molecule has 4 nitrogen and oxygen atoms in total. The smallest absolute Gasteiger partial charge is 0.310 e. The predicted molar refractivity (Wildman–Crippen MR) is 48.5 cm³/mol. The van der Waals surface area contributed by atoms with Crippen molar-refractivity contribution in [3.05, 3.63) is 29.3 Å². The maximum atomic E-state index is 10.9. The first-order chi connectivity index (χ1) is 6.67. The van der Waals surface area contributed by atoms with Crippen molar-refractivity contribution < 1.29 is 14.6 Å². The number of aromatic hydroxyl groups is 1. The van der Waals surface area contributed by atoms with Crippen LogP contribution in [0.3, 0.4) is 0 Å². The van der Waals surface area contributed by atoms with E-state index in [9.17, 15) is 4.79 Å². The Morgan fingerprint density at radius 3 is 2.93 bits per heavy atom. The number of carbonyl (C=O) groups is 1. The summed E-state index contributed by atoms with van der Waals surface area (Å²) in [7, 11) is 1.27. The second-order valence-corrected chi connectivity index (χ2v) is 2.71. The maximum Gasteiger partial charge on any atom is 0.310 e. The lowest BCUT2D eigenvalue weighted by molar-refractivity contribution is -0.139. The first kappa shape index (κ1) is 10.1. The van der Waals surface area contributed by atoms with Gasteiger partial charge in [0.1, 0.15) is 5.75 Å². The zero-order valence-electron chi connectivity index (χ0n) is 7.65. The van der Waals surface area contributed by atoms with E-state index >= 15 is 0 Å². The molecule has 1 aromatic carbocycles. The molecule has 0 aliphatic rings. The van der Waals surface area contributed by atoms with E-state index in [0.717, 1.165) is 0 Å². The normalized spacial score (nSPS) is 9.14. The van der Waals surface area contributed by atoms with Crippen LogP contribution in [-0.2, 0) is 16.0 Å². The van der Waals surface area contributed by atoms with E-state index in [1.807, 2.05) is 6.07 Å². The standard InChI is InChI=1S/C10H9NO3/c1-14-10(13)5-8-4-9(12)3-2-7(8)6-11/h2-4,12H,5H2,1H3. The van der Waals surface area contributed by atoms with Crippen LogP contribution in [0, 0.1) is 11.3 Å². The molecule has 1 N–H and O–H groups in total. The van der Waals surface area contributed by atoms with Crippen molar-refractivity contribution in [3.8, 4) is 11.8 Å². The highest BCUT2D eigenvalue weighted by atomic mass is 16.5. The van der Waals surface area contributed by atoms with Crippen LogP contribution in [0.15, 0.2) is 18.2 Å². The van der Waals surface area contributed by atoms with Crippen LogP contribution in [0.1, 0.15) is 11.1 Å². The summed E-state index contributed by atoms with van der Waals surface area (Å²) in [6, 6.07) is 6.19. The van der Waals surface area contributed by atoms with E-state index in [1.54, 1.807) is 0 Å². The number of carbonyl (C=O) groups excluding carboxylic acids is 1. The van der Waals surface area contributed by atoms with Crippen LogP contribution in [0.25, 0.3) is 0 Å². The Hall–Kier alpha value is -2.02. The highest BCUT2D eigenvalue weighted by Gasteiger charge is 2.08. The molecule has 0 amide bonds. The molecule has 1 aromatic rings. The summed E-state index contributed by atoms with van der Waals surface area (Å²) < 4.78 is 4.46. The van der Waals surface area contributed by atoms with Gasteiger partial charge in [0.05, 0.1) is 25.2 Å². The van der Waals surface area contributed by atoms with Crippen LogP contribution < -0.4 is 0 Å². The van der Waals surface area contributed by atoms with E-state index in [2.05, 4.69) is 4.74 Å². The van der Waals surface area contributed by atoms with Gasteiger partial charge in [-0.1, -0.05) is 0 Å². The van der Waals surface area contributed by atoms with Crippen molar-refractivity contribution >= 4 is 5.97 Å². The summed E-state index contributed by atoms with van der Waals surface area (Å²) in [5.74, 6) is -0.407. The minimum Gasteiger partial charge on any atom is -0.508 e. The van der Waals surface area contributed by atoms with Gasteiger partial charge in [0.15, 0.2) is 0 Å². The number of benzene rings is 1. The van der Waals surface area contributed by atoms with E-state index in [-0.39, 0.29) is 12.2 Å². The maximum absolute atomic E-state index is 10.9. The molecule has 4 heteroatoms. The molecule has 0 aliphatic carbocycles. The molecule has 0 saturated heterocycles. The van der Waals surface area contributed by atoms with Gasteiger partial charge in [0.2, 0.25) is 0 Å². The van der Waals surface area contributed by atoms with Crippen LogP contribution >= 0.6 is 0 Å². The zero-order chi connectivity index (χ0) is 10.6. The minimum atomic E-state index is -0.438. The summed E-state index contributed by atoms with van der Waals surface area (Å²) in [6.45, 7) is 0. The average molecular weight is 191 g/mol. The predicted octanol–water partition coefficient (Wildman–Crippen LogP) is 0.979. The SMILES string of the molecule is COC(=O)Cc1cc(O)ccc1C#N. The number of phenolic OH excluding ortho intramolecular Hbond substituents is 1. The van der Waals surface area contributed by atoms with Gasteiger partial charge in [-0.15, -0.1) is 0 Å². The molecule has 0 fully saturated rings. The number of methoxy groups -OCH3 is 1. The Balaban J connectivity index is 3.00. The number of hydrogen-bond donors (Lipinski definition) is 1. The number of ether oxygens (including phenoxy) is 1. The Morgan fingerprint density at radius 2 is 2.36 bits per heavy atom. The fraction of sp³-hybridized carbons (Fsp3) is 0.200. The minimum absolute atomic E-state index is 0.00616. The number of nitriles is 1. The summed E-state index contributed by atoms with van der Waals surface area (Å²) in [5, 5.41) is 17.9. The molecule has 0 spiro atoms. The lowest BCUT2D eigenvalue weighted by atomic mass is 10.1. The highest BCUT2D eigenvalue weighted by Crippen LogP contribution is 2.16. The molecule has 0 saturated carbocycles. The molecular weight excluding hydrogens is 182 g/mol. The first-order valence-corrected chi connectivity index (χ1v) is 3.96. The van der Waals surface area contributed by atoms with Crippen molar-refractivity contribution in [1.29, 1.82) is 5.26 Å². The molecule has 72 valence electrons. The monoisotopic (exact) mass is 191 g/mol. The fourth-order valence-electron chi connectivity index (χ4n) is 1.06. The zero-order valence-corrected chi connectivity index (χ0v) is 7.65. The van der Waals surface area contributed by atoms with Crippen molar-refractivity contribution in [3.63, 3.8) is 0 Å². The van der Waals surface area contributed by atoms with Gasteiger partial charge in [0.25, 0.3) is 0 Å². The molecular formula is C10H9NO3. The summed E-state index contributed by atoms with van der Waals surface area (Å²) >= 11 is 0. The third-order valence-corrected chi connectivity index (χ3v) is 1.77. The molecule has 14 heavy (non-hydrogen) atoms. The van der Waals surface area contributed by atoms with E-state index in [0.29, 0.717) is 11.1 Å². The fourth-order valence-corrected chi connectivity index (χ4v) is 1.06. The Labute approximate surface area is 81.4 Å². The van der Waals surface area contributed by atoms with Gasteiger partial charge in [-0.25, -0.2) is 0 Å². The van der Waals surface area contributed by atoms with Gasteiger partial charge in [0, 0.05) is 0 Å². The van der Waals surface area contributed by atoms with Crippen molar-refractivity contribution in [2.45, 2.75) is 6.42 Å². The van der Waals surface area contributed by atoms with Crippen molar-refractivity contribution in [2.24, 2.45) is 0 Å². The van der Waals surface area contributed by atoms with Crippen molar-refractivity contribution in [2.75, 3.05) is 7.11 Å². The molecule has 0 bridgehead atoms. The highest BCUT2D eigenvalue weighted by molar-refractivity contribution is 5.73. The lowest BCUT2D eigenvalue weighted by Crippen LogP contribution is -2.05. The quantitative estimate of drug-likeness (QED) is 0.707. The summed E-state index contributed by atoms with van der Waals surface area (Å²) in [4.78, 5) is 10.9. The second-order valence-electron chi connectivity index (χ2n) is 2.71. The van der Waals surface area contributed by atoms with Crippen LogP contribution in [0.5, 0.6) is 5.75 Å². The third-order valence-electron chi connectivity index (χ3n) is 1.77. The van der Waals surface area contributed by atoms with E-state index in [1.165, 1.54) is 25.3 Å². The number of rotatable bonds is 2. The Bertz CT molecular complexity index is 393. The van der Waals surface area contributed by atoms with E-state index < -0.39 is 5.97 Å². The van der Waals surface area contributed by atoms with Crippen LogP contribution in [0.2, 0.25) is 0 Å². The number of hydrogen-bond acceptors (Lipinski definition) is 4. The number of nitrogens with zero attached hydrogens (tertiary/aromatic N) is 1. The lowest BCUT2D eigenvalue weighted by Gasteiger charge is -2.02. The second kappa shape index (κ2) is 4.28. The first-order valence-electron chi connectivity index (χ1n) is 3.96. The molecule has 0 heterocycles. The summed E-state index contributed by atoms with van der Waals surface area (Å²) in [5.41, 5.74) is 0.840.